The monoisotopic (exact) mass is 387 g/mol. The van der Waals surface area contributed by atoms with Gasteiger partial charge in [-0.25, -0.2) is 14.2 Å². The molecule has 1 aromatic carbocycles. The number of nitrogens with zero attached hydrogens (tertiary/aromatic N) is 3. The molecule has 0 aliphatic rings. The zero-order valence-electron chi connectivity index (χ0n) is 14.0. The molecule has 27 heavy (non-hydrogen) atoms. The second kappa shape index (κ2) is 8.41. The first-order valence-corrected chi connectivity index (χ1v) is 8.36. The molecular formula is C18H15ClFN5O2. The number of benzene rings is 1. The minimum atomic E-state index is -1.12. The summed E-state index contributed by atoms with van der Waals surface area (Å²) in [7, 11) is 0. The molecule has 7 nitrogen and oxygen atoms in total. The minimum Gasteiger partial charge on any atom is -0.465 e. The molecule has 3 N–H and O–H groups in total. The van der Waals surface area contributed by atoms with Crippen molar-refractivity contribution in [3.05, 3.63) is 71.2 Å². The summed E-state index contributed by atoms with van der Waals surface area (Å²) < 4.78 is 13.8. The molecule has 0 aliphatic heterocycles. The number of aromatic nitrogens is 3. The van der Waals surface area contributed by atoms with Gasteiger partial charge in [0.2, 0.25) is 5.28 Å². The average molecular weight is 388 g/mol. The lowest BCUT2D eigenvalue weighted by Crippen LogP contribution is -2.08. The minimum absolute atomic E-state index is 0.00117. The summed E-state index contributed by atoms with van der Waals surface area (Å²) in [4.78, 5) is 22.4. The number of rotatable bonds is 6. The van der Waals surface area contributed by atoms with Crippen LogP contribution >= 0.6 is 11.6 Å². The van der Waals surface area contributed by atoms with Gasteiger partial charge in [-0.2, -0.15) is 4.98 Å². The lowest BCUT2D eigenvalue weighted by Gasteiger charge is -2.09. The first-order chi connectivity index (χ1) is 13.0. The number of carbonyl (C=O) groups is 1. The Kier molecular flexibility index (Phi) is 5.77. The molecule has 0 unspecified atom stereocenters. The van der Waals surface area contributed by atoms with E-state index in [4.69, 9.17) is 16.7 Å². The normalized spacial score (nSPS) is 10.4. The lowest BCUT2D eigenvalue weighted by atomic mass is 10.1. The predicted molar refractivity (Wildman–Crippen MR) is 100 cm³/mol. The van der Waals surface area contributed by atoms with Gasteiger partial charge in [0.15, 0.2) is 11.6 Å². The molecule has 2 aromatic heterocycles. The summed E-state index contributed by atoms with van der Waals surface area (Å²) in [6, 6.07) is 10.7. The second-order valence-electron chi connectivity index (χ2n) is 5.63. The average Bonchev–Trinajstić information content (AvgIpc) is 2.63. The third-order valence-corrected chi connectivity index (χ3v) is 3.82. The predicted octanol–water partition coefficient (Wildman–Crippen LogP) is 4.28. The number of amides is 1. The Labute approximate surface area is 159 Å². The quantitative estimate of drug-likeness (QED) is 0.546. The van der Waals surface area contributed by atoms with E-state index in [1.165, 1.54) is 0 Å². The van der Waals surface area contributed by atoms with Crippen molar-refractivity contribution in [2.24, 2.45) is 0 Å². The van der Waals surface area contributed by atoms with Crippen LogP contribution in [-0.2, 0) is 12.8 Å². The van der Waals surface area contributed by atoms with Crippen LogP contribution in [0.3, 0.4) is 0 Å². The maximum absolute atomic E-state index is 13.8. The third-order valence-electron chi connectivity index (χ3n) is 3.64. The van der Waals surface area contributed by atoms with Crippen molar-refractivity contribution in [1.29, 1.82) is 0 Å². The Bertz CT molecular complexity index is 970. The highest BCUT2D eigenvalue weighted by Gasteiger charge is 2.07. The van der Waals surface area contributed by atoms with Crippen LogP contribution in [0.25, 0.3) is 0 Å². The summed E-state index contributed by atoms with van der Waals surface area (Å²) >= 11 is 5.70. The smallest absolute Gasteiger partial charge is 0.409 e. The van der Waals surface area contributed by atoms with Crippen molar-refractivity contribution in [1.82, 2.24) is 15.0 Å². The molecule has 0 spiro atoms. The van der Waals surface area contributed by atoms with Crippen molar-refractivity contribution in [2.45, 2.75) is 12.8 Å². The van der Waals surface area contributed by atoms with Crippen molar-refractivity contribution in [3.8, 4) is 0 Å². The first kappa shape index (κ1) is 18.5. The zero-order valence-corrected chi connectivity index (χ0v) is 14.7. The number of carboxylic acid groups (broad SMARTS) is 1. The molecule has 0 fully saturated rings. The zero-order chi connectivity index (χ0) is 19.2. The van der Waals surface area contributed by atoms with E-state index >= 15 is 0 Å². The Morgan fingerprint density at radius 3 is 2.81 bits per heavy atom. The van der Waals surface area contributed by atoms with E-state index in [0.717, 1.165) is 17.5 Å². The molecule has 1 amide bonds. The van der Waals surface area contributed by atoms with Gasteiger partial charge in [-0.05, 0) is 54.3 Å². The van der Waals surface area contributed by atoms with Gasteiger partial charge in [0.1, 0.15) is 0 Å². The van der Waals surface area contributed by atoms with Gasteiger partial charge in [-0.15, -0.1) is 0 Å². The summed E-state index contributed by atoms with van der Waals surface area (Å²) in [6.45, 7) is 0. The van der Waals surface area contributed by atoms with Crippen LogP contribution in [0.5, 0.6) is 0 Å². The van der Waals surface area contributed by atoms with Gasteiger partial charge in [0.25, 0.3) is 0 Å². The van der Waals surface area contributed by atoms with Gasteiger partial charge in [0, 0.05) is 23.3 Å². The van der Waals surface area contributed by atoms with Crippen LogP contribution < -0.4 is 10.6 Å². The maximum atomic E-state index is 13.8. The van der Waals surface area contributed by atoms with Crippen LogP contribution in [0.1, 0.15) is 11.3 Å². The van der Waals surface area contributed by atoms with Gasteiger partial charge >= 0.3 is 6.09 Å². The topological polar surface area (TPSA) is 100 Å². The summed E-state index contributed by atoms with van der Waals surface area (Å²) in [5, 5.41) is 13.9. The van der Waals surface area contributed by atoms with E-state index < -0.39 is 11.9 Å². The van der Waals surface area contributed by atoms with E-state index in [2.05, 4.69) is 25.6 Å². The van der Waals surface area contributed by atoms with Crippen molar-refractivity contribution in [2.75, 3.05) is 10.6 Å². The van der Waals surface area contributed by atoms with Crippen LogP contribution in [0.4, 0.5) is 26.4 Å². The first-order valence-electron chi connectivity index (χ1n) is 7.98. The number of hydrogen-bond acceptors (Lipinski definition) is 5. The second-order valence-corrected chi connectivity index (χ2v) is 5.97. The lowest BCUT2D eigenvalue weighted by molar-refractivity contribution is 0.209. The van der Waals surface area contributed by atoms with Crippen LogP contribution in [0.15, 0.2) is 48.8 Å². The van der Waals surface area contributed by atoms with Gasteiger partial charge in [0.05, 0.1) is 6.20 Å². The summed E-state index contributed by atoms with van der Waals surface area (Å²) in [5.41, 5.74) is 2.89. The van der Waals surface area contributed by atoms with Gasteiger partial charge in [-0.3, -0.25) is 10.3 Å². The fourth-order valence-corrected chi connectivity index (χ4v) is 2.60. The Morgan fingerprint density at radius 1 is 1.15 bits per heavy atom. The Hall–Kier alpha value is -3.26. The summed E-state index contributed by atoms with van der Waals surface area (Å²) in [5.74, 6) is -0.599. The fourth-order valence-electron chi connectivity index (χ4n) is 2.46. The maximum Gasteiger partial charge on any atom is 0.409 e. The molecule has 0 saturated carbocycles. The van der Waals surface area contributed by atoms with Crippen molar-refractivity contribution in [3.63, 3.8) is 0 Å². The number of anilines is 3. The molecule has 3 aromatic rings. The largest absolute Gasteiger partial charge is 0.465 e. The van der Waals surface area contributed by atoms with Crippen LogP contribution in [0.2, 0.25) is 5.28 Å². The highest BCUT2D eigenvalue weighted by atomic mass is 35.5. The SMILES string of the molecule is O=C(O)Nc1ccnc(CCc2cccc(Nc3nc(Cl)ncc3F)c2)c1. The van der Waals surface area contributed by atoms with Gasteiger partial charge < -0.3 is 10.4 Å². The standard InChI is InChI=1S/C18H15ClFN5O2/c19-17-22-10-15(20)16(25-17)23-13-3-1-2-11(8-13)4-5-12-9-14(6-7-21-12)24-18(26)27/h1-3,6-10H,4-5H2,(H,21,24)(H,26,27)(H,22,23,25). The Morgan fingerprint density at radius 2 is 2.00 bits per heavy atom. The third kappa shape index (κ3) is 5.35. The van der Waals surface area contributed by atoms with E-state index in [9.17, 15) is 9.18 Å². The number of nitrogens with one attached hydrogen (secondary N) is 2. The number of pyridine rings is 1. The van der Waals surface area contributed by atoms with E-state index in [1.54, 1.807) is 24.4 Å². The van der Waals surface area contributed by atoms with Crippen LogP contribution in [0, 0.1) is 5.82 Å². The summed E-state index contributed by atoms with van der Waals surface area (Å²) in [6.07, 6.45) is 2.73. The highest BCUT2D eigenvalue weighted by Crippen LogP contribution is 2.20. The molecule has 138 valence electrons. The molecule has 0 aliphatic carbocycles. The van der Waals surface area contributed by atoms with Crippen LogP contribution in [-0.4, -0.2) is 26.2 Å². The van der Waals surface area contributed by atoms with E-state index in [1.807, 2.05) is 18.2 Å². The van der Waals surface area contributed by atoms with Crippen molar-refractivity contribution >= 4 is 34.9 Å². The molecular weight excluding hydrogens is 373 g/mol. The van der Waals surface area contributed by atoms with E-state index in [-0.39, 0.29) is 11.1 Å². The molecule has 3 rings (SSSR count). The fraction of sp³-hybridized carbons (Fsp3) is 0.111. The van der Waals surface area contributed by atoms with Crippen molar-refractivity contribution < 1.29 is 14.3 Å². The number of aryl methyl sites for hydroxylation is 2. The molecule has 2 heterocycles. The molecule has 0 saturated heterocycles. The molecule has 0 bridgehead atoms. The molecule has 0 radical (unpaired) electrons. The highest BCUT2D eigenvalue weighted by molar-refractivity contribution is 6.28. The molecule has 0 atom stereocenters. The van der Waals surface area contributed by atoms with Gasteiger partial charge in [-0.1, -0.05) is 12.1 Å². The number of halogens is 2. The number of hydrogen-bond donors (Lipinski definition) is 3. The van der Waals surface area contributed by atoms with E-state index in [0.29, 0.717) is 24.2 Å². The molecule has 9 heteroatoms. The Balaban J connectivity index is 1.67.